The summed E-state index contributed by atoms with van der Waals surface area (Å²) in [4.78, 5) is 0. The summed E-state index contributed by atoms with van der Waals surface area (Å²) in [5, 5.41) is 15.8. The van der Waals surface area contributed by atoms with Gasteiger partial charge in [-0.2, -0.15) is 0 Å². The molecule has 0 saturated carbocycles. The third-order valence-corrected chi connectivity index (χ3v) is 0.316. The molecule has 5 heavy (non-hydrogen) atoms. The summed E-state index contributed by atoms with van der Waals surface area (Å²) >= 11 is 0. The van der Waals surface area contributed by atoms with Gasteiger partial charge in [0.15, 0.2) is 0 Å². The highest BCUT2D eigenvalue weighted by molar-refractivity contribution is 4.22. The highest BCUT2D eigenvalue weighted by atomic mass is 16.3. The Bertz CT molecular complexity index is 12.4. The van der Waals surface area contributed by atoms with Crippen LogP contribution in [0.25, 0.3) is 0 Å². The molecule has 0 unspecified atom stereocenters. The average molecular weight is 77.1 g/mol. The molecule has 2 heteroatoms. The van der Waals surface area contributed by atoms with E-state index in [1.54, 1.807) is 0 Å². The molecule has 2 N–H and O–H groups in total. The van der Waals surface area contributed by atoms with Crippen molar-refractivity contribution in [3.63, 3.8) is 0 Å². The molecular formula is C3H8O2. The second-order valence-electron chi connectivity index (χ2n) is 0.801. The van der Waals surface area contributed by atoms with Gasteiger partial charge in [0.1, 0.15) is 0 Å². The van der Waals surface area contributed by atoms with Crippen LogP contribution in [-0.2, 0) is 0 Å². The fourth-order valence-electron chi connectivity index (χ4n) is 0.0707. The Balaban J connectivity index is 2.19. The molecule has 0 atom stereocenters. The molecule has 0 aliphatic rings. The van der Waals surface area contributed by atoms with Crippen molar-refractivity contribution < 1.29 is 10.2 Å². The van der Waals surface area contributed by atoms with Crippen LogP contribution < -0.4 is 0 Å². The van der Waals surface area contributed by atoms with E-state index in [-0.39, 0.29) is 13.2 Å². The highest BCUT2D eigenvalue weighted by Gasteiger charge is 1.70. The molecule has 0 radical (unpaired) electrons. The monoisotopic (exact) mass is 77.1 g/mol. The van der Waals surface area contributed by atoms with E-state index in [1.807, 2.05) is 0 Å². The number of rotatable bonds is 2. The summed E-state index contributed by atoms with van der Waals surface area (Å²) in [6.07, 6.45) is 0.500. The van der Waals surface area contributed by atoms with Crippen molar-refractivity contribution in [3.05, 3.63) is 0 Å². The van der Waals surface area contributed by atoms with Gasteiger partial charge in [-0.1, -0.05) is 0 Å². The van der Waals surface area contributed by atoms with Crippen LogP contribution in [0, 0.1) is 0 Å². The van der Waals surface area contributed by atoms with Gasteiger partial charge in [-0.3, -0.25) is 0 Å². The van der Waals surface area contributed by atoms with Gasteiger partial charge < -0.3 is 10.2 Å². The lowest BCUT2D eigenvalue weighted by Gasteiger charge is -1.79. The molecule has 0 fully saturated rings. The highest BCUT2D eigenvalue weighted by Crippen LogP contribution is 1.65. The minimum atomic E-state index is 0.0938. The number of aliphatic hydroxyl groups excluding tert-OH is 2. The third-order valence-electron chi connectivity index (χ3n) is 0.316. The van der Waals surface area contributed by atoms with E-state index < -0.39 is 0 Å². The zero-order chi connectivity index (χ0) is 4.12. The molecule has 0 aliphatic heterocycles. The Kier molecular flexibility index (Phi) is 3.86. The van der Waals surface area contributed by atoms with Crippen LogP contribution in [0.3, 0.4) is 0 Å². The summed E-state index contributed by atoms with van der Waals surface area (Å²) in [5.74, 6) is 0. The molecule has 0 rings (SSSR count). The summed E-state index contributed by atoms with van der Waals surface area (Å²) in [6, 6.07) is 0. The molecule has 0 aromatic rings. The molecule has 0 spiro atoms. The van der Waals surface area contributed by atoms with E-state index in [4.69, 9.17) is 10.2 Å². The predicted octanol–water partition coefficient (Wildman–Crippen LogP) is -0.639. The first kappa shape index (κ1) is 4.92. The molecule has 0 amide bonds. The number of hydrogen-bond donors (Lipinski definition) is 2. The molecule has 0 bridgehead atoms. The first-order chi connectivity index (χ1) is 2.41. The van der Waals surface area contributed by atoms with E-state index >= 15 is 0 Å². The lowest BCUT2D eigenvalue weighted by atomic mass is 10.9. The zero-order valence-electron chi connectivity index (χ0n) is 3.02. The van der Waals surface area contributed by atoms with E-state index in [2.05, 4.69) is 0 Å². The third kappa shape index (κ3) is 3.92. The summed E-state index contributed by atoms with van der Waals surface area (Å²) in [6.45, 7) is 0.188. The molecule has 2 nitrogen and oxygen atoms in total. The smallest absolute Gasteiger partial charge is 0.0452 e. The van der Waals surface area contributed by atoms with Gasteiger partial charge in [-0.15, -0.1) is 0 Å². The van der Waals surface area contributed by atoms with Crippen LogP contribution in [-0.4, -0.2) is 23.4 Å². The van der Waals surface area contributed by atoms with Crippen LogP contribution in [0.15, 0.2) is 0 Å². The van der Waals surface area contributed by atoms with Gasteiger partial charge in [0, 0.05) is 13.2 Å². The minimum absolute atomic E-state index is 0.0938. The Morgan fingerprint density at radius 3 is 1.40 bits per heavy atom. The molecule has 0 aromatic heterocycles. The molecule has 0 heterocycles. The van der Waals surface area contributed by atoms with E-state index in [0.29, 0.717) is 6.42 Å². The lowest BCUT2D eigenvalue weighted by Crippen LogP contribution is -1.85. The second kappa shape index (κ2) is 3.92. The normalized spacial score (nSPS) is 8.40. The Labute approximate surface area is 31.1 Å². The van der Waals surface area contributed by atoms with E-state index in [9.17, 15) is 0 Å². The van der Waals surface area contributed by atoms with Gasteiger partial charge >= 0.3 is 0 Å². The van der Waals surface area contributed by atoms with Crippen molar-refractivity contribution in [3.8, 4) is 0 Å². The SMILES string of the molecule is OC[13CH2]CO. The Morgan fingerprint density at radius 1 is 1.00 bits per heavy atom. The minimum Gasteiger partial charge on any atom is -0.396 e. The van der Waals surface area contributed by atoms with Crippen LogP contribution in [0.4, 0.5) is 0 Å². The van der Waals surface area contributed by atoms with Crippen molar-refractivity contribution in [1.29, 1.82) is 0 Å². The predicted molar refractivity (Wildman–Crippen MR) is 18.8 cm³/mol. The van der Waals surface area contributed by atoms with Crippen molar-refractivity contribution in [2.75, 3.05) is 13.2 Å². The summed E-state index contributed by atoms with van der Waals surface area (Å²) < 4.78 is 0. The standard InChI is InChI=1S/C3H8O2/c4-2-1-3-5/h4-5H,1-3H2/i1+1. The molecule has 0 saturated heterocycles. The van der Waals surface area contributed by atoms with E-state index in [0.717, 1.165) is 0 Å². The largest absolute Gasteiger partial charge is 0.396 e. The van der Waals surface area contributed by atoms with Gasteiger partial charge in [-0.05, 0) is 6.42 Å². The maximum atomic E-state index is 7.91. The first-order valence-corrected chi connectivity index (χ1v) is 1.63. The van der Waals surface area contributed by atoms with Crippen molar-refractivity contribution >= 4 is 0 Å². The summed E-state index contributed by atoms with van der Waals surface area (Å²) in [7, 11) is 0. The van der Waals surface area contributed by atoms with Crippen LogP contribution in [0.5, 0.6) is 0 Å². The topological polar surface area (TPSA) is 40.5 Å². The number of aliphatic hydroxyl groups is 2. The first-order valence-electron chi connectivity index (χ1n) is 1.63. The summed E-state index contributed by atoms with van der Waals surface area (Å²) in [5.41, 5.74) is 0. The second-order valence-corrected chi connectivity index (χ2v) is 0.801. The fraction of sp³-hybridized carbons (Fsp3) is 1.00. The van der Waals surface area contributed by atoms with Gasteiger partial charge in [0.05, 0.1) is 0 Å². The average Bonchev–Trinajstić information content (AvgIpc) is 1.41. The maximum absolute atomic E-state index is 7.91. The Hall–Kier alpha value is -0.0800. The quantitative estimate of drug-likeness (QED) is 0.430. The Morgan fingerprint density at radius 2 is 1.40 bits per heavy atom. The van der Waals surface area contributed by atoms with Crippen molar-refractivity contribution in [2.45, 2.75) is 6.42 Å². The molecule has 0 aliphatic carbocycles. The molecule has 32 valence electrons. The lowest BCUT2D eigenvalue weighted by molar-refractivity contribution is 0.221. The number of hydrogen-bond acceptors (Lipinski definition) is 2. The van der Waals surface area contributed by atoms with Gasteiger partial charge in [-0.25, -0.2) is 0 Å². The van der Waals surface area contributed by atoms with Gasteiger partial charge in [0.25, 0.3) is 0 Å². The van der Waals surface area contributed by atoms with Crippen LogP contribution in [0.2, 0.25) is 0 Å². The van der Waals surface area contributed by atoms with Crippen molar-refractivity contribution in [2.24, 2.45) is 0 Å². The zero-order valence-corrected chi connectivity index (χ0v) is 3.02. The van der Waals surface area contributed by atoms with E-state index in [1.165, 1.54) is 0 Å². The molecular weight excluding hydrogens is 69.0 g/mol. The fourth-order valence-corrected chi connectivity index (χ4v) is 0.0707. The maximum Gasteiger partial charge on any atom is 0.0452 e. The van der Waals surface area contributed by atoms with Crippen LogP contribution >= 0.6 is 0 Å². The van der Waals surface area contributed by atoms with Crippen LogP contribution in [0.1, 0.15) is 6.42 Å². The van der Waals surface area contributed by atoms with Gasteiger partial charge in [0.2, 0.25) is 0 Å². The van der Waals surface area contributed by atoms with Crippen molar-refractivity contribution in [1.82, 2.24) is 0 Å². The molecule has 0 aromatic carbocycles.